The number of likely N-dealkylation sites (tertiary alicyclic amines) is 1. The predicted molar refractivity (Wildman–Crippen MR) is 120 cm³/mol. The molecule has 8 nitrogen and oxygen atoms in total. The van der Waals surface area contributed by atoms with Crippen LogP contribution in [0.15, 0.2) is 36.7 Å². The van der Waals surface area contributed by atoms with Gasteiger partial charge in [-0.25, -0.2) is 0 Å². The van der Waals surface area contributed by atoms with Gasteiger partial charge in [-0.2, -0.15) is 5.10 Å². The Bertz CT molecular complexity index is 984. The zero-order chi connectivity index (χ0) is 21.6. The van der Waals surface area contributed by atoms with Crippen molar-refractivity contribution in [2.24, 2.45) is 5.92 Å². The Morgan fingerprint density at radius 3 is 2.81 bits per heavy atom. The molecule has 1 fully saturated rings. The maximum Gasteiger partial charge on any atom is 0.148 e. The number of H-pyrrole nitrogens is 1. The second kappa shape index (κ2) is 10.2. The molecular weight excluding hydrogens is 394 g/mol. The van der Waals surface area contributed by atoms with Gasteiger partial charge in [0.15, 0.2) is 0 Å². The summed E-state index contributed by atoms with van der Waals surface area (Å²) in [5, 5.41) is 22.4. The zero-order valence-electron chi connectivity index (χ0n) is 18.2. The van der Waals surface area contributed by atoms with Crippen molar-refractivity contribution in [2.45, 2.75) is 19.1 Å². The fraction of sp³-hybridized carbons (Fsp3) is 0.478. The van der Waals surface area contributed by atoms with E-state index in [0.29, 0.717) is 17.4 Å². The van der Waals surface area contributed by atoms with Crippen LogP contribution >= 0.6 is 0 Å². The molecule has 4 rings (SSSR count). The lowest BCUT2D eigenvalue weighted by atomic mass is 9.96. The minimum absolute atomic E-state index is 0.557. The molecule has 0 amide bonds. The molecule has 2 aromatic heterocycles. The van der Waals surface area contributed by atoms with Gasteiger partial charge in [0.05, 0.1) is 31.1 Å². The second-order valence-electron chi connectivity index (χ2n) is 8.07. The highest BCUT2D eigenvalue weighted by atomic mass is 16.5. The molecule has 0 aliphatic carbocycles. The average molecular weight is 426 g/mol. The largest absolute Gasteiger partial charge is 0.495 e. The number of aromatic nitrogens is 3. The van der Waals surface area contributed by atoms with Gasteiger partial charge >= 0.3 is 0 Å². The van der Waals surface area contributed by atoms with Crippen LogP contribution < -0.4 is 10.1 Å². The molecule has 1 saturated heterocycles. The van der Waals surface area contributed by atoms with Gasteiger partial charge in [-0.05, 0) is 55.6 Å². The van der Waals surface area contributed by atoms with Gasteiger partial charge in [-0.15, -0.1) is 0 Å². The summed E-state index contributed by atoms with van der Waals surface area (Å²) in [6.07, 6.45) is 4.94. The predicted octanol–water partition coefficient (Wildman–Crippen LogP) is 2.57. The Morgan fingerprint density at radius 1 is 1.19 bits per heavy atom. The third kappa shape index (κ3) is 5.22. The van der Waals surface area contributed by atoms with E-state index in [4.69, 9.17) is 9.47 Å². The highest BCUT2D eigenvalue weighted by Gasteiger charge is 2.21. The van der Waals surface area contributed by atoms with Crippen LogP contribution in [0.3, 0.4) is 0 Å². The Hall–Kier alpha value is -2.52. The standard InChI is InChI=1S/C23H31N5O3/c1-30-10-9-28-7-5-16(6-8-28)13-25-23(29)22-20-12-17(3-4-21(20)26-27-22)18-11-19(31-2)15-24-14-18/h3-4,11-12,14-16,23,25,29H,5-10,13H2,1-2H3,(H,26,27). The minimum Gasteiger partial charge on any atom is -0.495 e. The molecule has 1 aliphatic rings. The monoisotopic (exact) mass is 425 g/mol. The van der Waals surface area contributed by atoms with E-state index in [0.717, 1.165) is 67.7 Å². The summed E-state index contributed by atoms with van der Waals surface area (Å²) in [6.45, 7) is 4.71. The molecule has 1 atom stereocenters. The Morgan fingerprint density at radius 2 is 2.03 bits per heavy atom. The molecule has 1 aliphatic heterocycles. The number of methoxy groups -OCH3 is 2. The van der Waals surface area contributed by atoms with Crippen molar-refractivity contribution >= 4 is 10.9 Å². The number of pyridine rings is 1. The van der Waals surface area contributed by atoms with Crippen LogP contribution in [-0.4, -0.2) is 72.2 Å². The average Bonchev–Trinajstić information content (AvgIpc) is 3.25. The number of piperidine rings is 1. The number of nitrogens with zero attached hydrogens (tertiary/aromatic N) is 3. The second-order valence-corrected chi connectivity index (χ2v) is 8.07. The van der Waals surface area contributed by atoms with E-state index in [1.165, 1.54) is 0 Å². The lowest BCUT2D eigenvalue weighted by molar-refractivity contribution is 0.102. The van der Waals surface area contributed by atoms with E-state index < -0.39 is 6.23 Å². The van der Waals surface area contributed by atoms with Gasteiger partial charge in [0.25, 0.3) is 0 Å². The lowest BCUT2D eigenvalue weighted by Gasteiger charge is -2.32. The third-order valence-electron chi connectivity index (χ3n) is 6.06. The van der Waals surface area contributed by atoms with E-state index in [1.54, 1.807) is 26.6 Å². The maximum atomic E-state index is 10.8. The van der Waals surface area contributed by atoms with Gasteiger partial charge in [0, 0.05) is 37.3 Å². The summed E-state index contributed by atoms with van der Waals surface area (Å²) in [6, 6.07) is 7.93. The first-order valence-corrected chi connectivity index (χ1v) is 10.8. The number of hydrogen-bond acceptors (Lipinski definition) is 7. The highest BCUT2D eigenvalue weighted by molar-refractivity contribution is 5.86. The van der Waals surface area contributed by atoms with E-state index in [9.17, 15) is 5.11 Å². The Labute approximate surface area is 182 Å². The van der Waals surface area contributed by atoms with Crippen molar-refractivity contribution < 1.29 is 14.6 Å². The first-order chi connectivity index (χ1) is 15.2. The van der Waals surface area contributed by atoms with Gasteiger partial charge < -0.3 is 19.5 Å². The summed E-state index contributed by atoms with van der Waals surface area (Å²) in [5.74, 6) is 1.26. The van der Waals surface area contributed by atoms with Crippen molar-refractivity contribution in [3.63, 3.8) is 0 Å². The van der Waals surface area contributed by atoms with Crippen LogP contribution in [0.2, 0.25) is 0 Å². The van der Waals surface area contributed by atoms with Crippen molar-refractivity contribution in [2.75, 3.05) is 47.0 Å². The molecule has 1 aromatic carbocycles. The van der Waals surface area contributed by atoms with Gasteiger partial charge in [-0.1, -0.05) is 6.07 Å². The normalized spacial score (nSPS) is 16.6. The molecule has 3 N–H and O–H groups in total. The zero-order valence-corrected chi connectivity index (χ0v) is 18.2. The lowest BCUT2D eigenvalue weighted by Crippen LogP contribution is -2.39. The molecule has 0 bridgehead atoms. The van der Waals surface area contributed by atoms with E-state index >= 15 is 0 Å². The summed E-state index contributed by atoms with van der Waals surface area (Å²) in [7, 11) is 3.37. The van der Waals surface area contributed by atoms with E-state index in [1.807, 2.05) is 24.3 Å². The number of nitrogens with one attached hydrogen (secondary N) is 2. The number of aromatic amines is 1. The molecule has 0 radical (unpaired) electrons. The van der Waals surface area contributed by atoms with Crippen LogP contribution in [0.1, 0.15) is 24.8 Å². The molecule has 0 saturated carbocycles. The van der Waals surface area contributed by atoms with Gasteiger partial charge in [0.2, 0.25) is 0 Å². The van der Waals surface area contributed by atoms with Crippen LogP contribution in [0.4, 0.5) is 0 Å². The van der Waals surface area contributed by atoms with Crippen LogP contribution in [0, 0.1) is 5.92 Å². The number of aliphatic hydroxyl groups excluding tert-OH is 1. The van der Waals surface area contributed by atoms with Crippen molar-refractivity contribution in [3.05, 3.63) is 42.4 Å². The van der Waals surface area contributed by atoms with E-state index in [2.05, 4.69) is 25.4 Å². The fourth-order valence-electron chi connectivity index (χ4n) is 4.12. The number of benzene rings is 1. The molecule has 31 heavy (non-hydrogen) atoms. The number of hydrogen-bond donors (Lipinski definition) is 3. The van der Waals surface area contributed by atoms with Crippen molar-refractivity contribution in [1.29, 1.82) is 0 Å². The topological polar surface area (TPSA) is 95.5 Å². The Balaban J connectivity index is 1.41. The number of fused-ring (bicyclic) bond motifs is 1. The molecule has 166 valence electrons. The SMILES string of the molecule is COCCN1CCC(CNC(O)c2[nH]nc3ccc(-c4cncc(OC)c4)cc23)CC1. The molecule has 1 unspecified atom stereocenters. The van der Waals surface area contributed by atoms with Gasteiger partial charge in [-0.3, -0.25) is 15.4 Å². The van der Waals surface area contributed by atoms with Gasteiger partial charge in [0.1, 0.15) is 12.0 Å². The number of ether oxygens (including phenoxy) is 2. The Kier molecular flexibility index (Phi) is 7.14. The van der Waals surface area contributed by atoms with E-state index in [-0.39, 0.29) is 0 Å². The molecular formula is C23H31N5O3. The third-order valence-corrected chi connectivity index (χ3v) is 6.06. The summed E-state index contributed by atoms with van der Waals surface area (Å²) in [5.41, 5.74) is 3.46. The summed E-state index contributed by atoms with van der Waals surface area (Å²) in [4.78, 5) is 6.68. The van der Waals surface area contributed by atoms with Crippen LogP contribution in [-0.2, 0) is 4.74 Å². The molecule has 8 heteroatoms. The molecule has 3 heterocycles. The number of rotatable bonds is 9. The van der Waals surface area contributed by atoms with Crippen molar-refractivity contribution in [3.8, 4) is 16.9 Å². The highest BCUT2D eigenvalue weighted by Crippen LogP contribution is 2.29. The van der Waals surface area contributed by atoms with Crippen LogP contribution in [0.25, 0.3) is 22.0 Å². The summed E-state index contributed by atoms with van der Waals surface area (Å²) >= 11 is 0. The van der Waals surface area contributed by atoms with Crippen LogP contribution in [0.5, 0.6) is 5.75 Å². The maximum absolute atomic E-state index is 10.8. The molecule has 3 aromatic rings. The smallest absolute Gasteiger partial charge is 0.148 e. The quantitative estimate of drug-likeness (QED) is 0.454. The fourth-order valence-corrected chi connectivity index (χ4v) is 4.12. The summed E-state index contributed by atoms with van der Waals surface area (Å²) < 4.78 is 10.5. The number of aliphatic hydroxyl groups is 1. The first kappa shape index (κ1) is 21.7. The van der Waals surface area contributed by atoms with Crippen molar-refractivity contribution in [1.82, 2.24) is 25.4 Å². The first-order valence-electron chi connectivity index (χ1n) is 10.8. The minimum atomic E-state index is -0.796. The molecule has 0 spiro atoms.